The lowest BCUT2D eigenvalue weighted by Gasteiger charge is -2.24. The Bertz CT molecular complexity index is 434. The van der Waals surface area contributed by atoms with Crippen LogP contribution in [0.5, 0.6) is 0 Å². The number of hydrogen-bond donors (Lipinski definition) is 1. The third-order valence-electron chi connectivity index (χ3n) is 3.56. The molecule has 1 saturated carbocycles. The molecule has 1 aromatic rings. The zero-order chi connectivity index (χ0) is 13.5. The number of rotatable bonds is 5. The predicted molar refractivity (Wildman–Crippen MR) is 76.0 cm³/mol. The SMILES string of the molecule is CN(CCC#N)c1cc(NC2CCCCC2)ncn1. The number of aromatic nitrogens is 2. The van der Waals surface area contributed by atoms with Crippen LogP contribution in [0.2, 0.25) is 0 Å². The third-order valence-corrected chi connectivity index (χ3v) is 3.56. The molecule has 1 heterocycles. The van der Waals surface area contributed by atoms with Gasteiger partial charge in [0.05, 0.1) is 12.5 Å². The lowest BCUT2D eigenvalue weighted by molar-refractivity contribution is 0.462. The second-order valence-electron chi connectivity index (χ2n) is 5.07. The minimum Gasteiger partial charge on any atom is -0.367 e. The summed E-state index contributed by atoms with van der Waals surface area (Å²) in [5, 5.41) is 12.1. The molecule has 0 unspecified atom stereocenters. The van der Waals surface area contributed by atoms with Crippen molar-refractivity contribution in [2.45, 2.75) is 44.6 Å². The molecule has 1 aliphatic carbocycles. The molecule has 5 nitrogen and oxygen atoms in total. The summed E-state index contributed by atoms with van der Waals surface area (Å²) in [6, 6.07) is 4.65. The molecule has 19 heavy (non-hydrogen) atoms. The molecule has 102 valence electrons. The van der Waals surface area contributed by atoms with Crippen molar-refractivity contribution in [3.8, 4) is 6.07 Å². The normalized spacial score (nSPS) is 15.8. The standard InChI is InChI=1S/C14H21N5/c1-19(9-5-8-15)14-10-13(16-11-17-14)18-12-6-3-2-4-7-12/h10-12H,2-7,9H2,1H3,(H,16,17,18). The van der Waals surface area contributed by atoms with Crippen LogP contribution in [-0.4, -0.2) is 29.6 Å². The molecule has 2 rings (SSSR count). The first-order chi connectivity index (χ1) is 9.29. The maximum absolute atomic E-state index is 8.61. The topological polar surface area (TPSA) is 64.8 Å². The van der Waals surface area contributed by atoms with Gasteiger partial charge in [-0.2, -0.15) is 5.26 Å². The predicted octanol–water partition coefficient (Wildman–Crippen LogP) is 2.57. The molecule has 0 saturated heterocycles. The van der Waals surface area contributed by atoms with Crippen LogP contribution < -0.4 is 10.2 Å². The Morgan fingerprint density at radius 3 is 2.89 bits per heavy atom. The van der Waals surface area contributed by atoms with Crippen LogP contribution in [0.1, 0.15) is 38.5 Å². The van der Waals surface area contributed by atoms with Crippen LogP contribution in [0.15, 0.2) is 12.4 Å². The molecule has 0 aromatic carbocycles. The van der Waals surface area contributed by atoms with Gasteiger partial charge in [-0.15, -0.1) is 0 Å². The molecule has 0 bridgehead atoms. The lowest BCUT2D eigenvalue weighted by atomic mass is 9.95. The largest absolute Gasteiger partial charge is 0.367 e. The maximum Gasteiger partial charge on any atom is 0.133 e. The Balaban J connectivity index is 1.96. The minimum atomic E-state index is 0.506. The average Bonchev–Trinajstić information content (AvgIpc) is 2.46. The van der Waals surface area contributed by atoms with Crippen LogP contribution in [0.3, 0.4) is 0 Å². The number of anilines is 2. The zero-order valence-corrected chi connectivity index (χ0v) is 11.5. The monoisotopic (exact) mass is 259 g/mol. The van der Waals surface area contributed by atoms with E-state index in [1.165, 1.54) is 32.1 Å². The van der Waals surface area contributed by atoms with E-state index in [1.807, 2.05) is 18.0 Å². The molecule has 0 aliphatic heterocycles. The molecule has 1 aromatic heterocycles. The highest BCUT2D eigenvalue weighted by Crippen LogP contribution is 2.21. The van der Waals surface area contributed by atoms with Crippen LogP contribution in [-0.2, 0) is 0 Å². The van der Waals surface area contributed by atoms with Gasteiger partial charge in [-0.1, -0.05) is 19.3 Å². The van der Waals surface area contributed by atoms with E-state index >= 15 is 0 Å². The fraction of sp³-hybridized carbons (Fsp3) is 0.643. The van der Waals surface area contributed by atoms with Gasteiger partial charge in [0.15, 0.2) is 0 Å². The molecular weight excluding hydrogens is 238 g/mol. The number of nitrogens with zero attached hydrogens (tertiary/aromatic N) is 4. The van der Waals surface area contributed by atoms with E-state index in [4.69, 9.17) is 5.26 Å². The van der Waals surface area contributed by atoms with Crippen molar-refractivity contribution in [1.29, 1.82) is 5.26 Å². The van der Waals surface area contributed by atoms with Crippen molar-refractivity contribution in [3.05, 3.63) is 12.4 Å². The first-order valence-electron chi connectivity index (χ1n) is 6.96. The van der Waals surface area contributed by atoms with E-state index in [0.29, 0.717) is 19.0 Å². The molecule has 1 fully saturated rings. The van der Waals surface area contributed by atoms with Crippen molar-refractivity contribution >= 4 is 11.6 Å². The zero-order valence-electron chi connectivity index (χ0n) is 11.5. The summed E-state index contributed by atoms with van der Waals surface area (Å²) in [5.74, 6) is 1.75. The van der Waals surface area contributed by atoms with Gasteiger partial charge in [-0.05, 0) is 12.8 Å². The van der Waals surface area contributed by atoms with E-state index < -0.39 is 0 Å². The number of nitriles is 1. The fourth-order valence-electron chi connectivity index (χ4n) is 2.42. The summed E-state index contributed by atoms with van der Waals surface area (Å²) >= 11 is 0. The van der Waals surface area contributed by atoms with Gasteiger partial charge in [0, 0.05) is 25.7 Å². The van der Waals surface area contributed by atoms with Gasteiger partial charge in [0.1, 0.15) is 18.0 Å². The van der Waals surface area contributed by atoms with E-state index in [9.17, 15) is 0 Å². The second kappa shape index (κ2) is 6.93. The Hall–Kier alpha value is -1.83. The van der Waals surface area contributed by atoms with Gasteiger partial charge >= 0.3 is 0 Å². The van der Waals surface area contributed by atoms with Crippen molar-refractivity contribution in [2.75, 3.05) is 23.8 Å². The van der Waals surface area contributed by atoms with Crippen molar-refractivity contribution in [2.24, 2.45) is 0 Å². The van der Waals surface area contributed by atoms with Crippen molar-refractivity contribution in [3.63, 3.8) is 0 Å². The lowest BCUT2D eigenvalue weighted by Crippen LogP contribution is -2.24. The Morgan fingerprint density at radius 2 is 2.16 bits per heavy atom. The van der Waals surface area contributed by atoms with Gasteiger partial charge in [-0.3, -0.25) is 0 Å². The molecular formula is C14H21N5. The summed E-state index contributed by atoms with van der Waals surface area (Å²) in [6.07, 6.45) is 8.50. The maximum atomic E-state index is 8.61. The van der Waals surface area contributed by atoms with E-state index in [1.54, 1.807) is 6.33 Å². The highest BCUT2D eigenvalue weighted by molar-refractivity contribution is 5.48. The van der Waals surface area contributed by atoms with Gasteiger partial charge in [0.25, 0.3) is 0 Å². The number of hydrogen-bond acceptors (Lipinski definition) is 5. The average molecular weight is 259 g/mol. The van der Waals surface area contributed by atoms with Crippen LogP contribution >= 0.6 is 0 Å². The summed E-state index contributed by atoms with van der Waals surface area (Å²) in [5.41, 5.74) is 0. The Kier molecular flexibility index (Phi) is 4.96. The molecule has 0 spiro atoms. The first-order valence-corrected chi connectivity index (χ1v) is 6.96. The summed E-state index contributed by atoms with van der Waals surface area (Å²) < 4.78 is 0. The van der Waals surface area contributed by atoms with E-state index in [0.717, 1.165) is 11.6 Å². The van der Waals surface area contributed by atoms with E-state index in [-0.39, 0.29) is 0 Å². The van der Waals surface area contributed by atoms with Gasteiger partial charge in [0.2, 0.25) is 0 Å². The summed E-state index contributed by atoms with van der Waals surface area (Å²) in [4.78, 5) is 10.5. The van der Waals surface area contributed by atoms with Crippen LogP contribution in [0.4, 0.5) is 11.6 Å². The van der Waals surface area contributed by atoms with Crippen LogP contribution in [0.25, 0.3) is 0 Å². The molecule has 0 radical (unpaired) electrons. The first kappa shape index (κ1) is 13.6. The van der Waals surface area contributed by atoms with E-state index in [2.05, 4.69) is 21.4 Å². The van der Waals surface area contributed by atoms with Crippen molar-refractivity contribution < 1.29 is 0 Å². The highest BCUT2D eigenvalue weighted by Gasteiger charge is 2.14. The Labute approximate surface area is 114 Å². The molecule has 1 N–H and O–H groups in total. The summed E-state index contributed by atoms with van der Waals surface area (Å²) in [7, 11) is 1.95. The molecule has 1 aliphatic rings. The smallest absolute Gasteiger partial charge is 0.133 e. The quantitative estimate of drug-likeness (QED) is 0.880. The van der Waals surface area contributed by atoms with Crippen molar-refractivity contribution in [1.82, 2.24) is 9.97 Å². The third kappa shape index (κ3) is 4.09. The van der Waals surface area contributed by atoms with Crippen LogP contribution in [0, 0.1) is 11.3 Å². The van der Waals surface area contributed by atoms with Gasteiger partial charge in [-0.25, -0.2) is 9.97 Å². The minimum absolute atomic E-state index is 0.506. The van der Waals surface area contributed by atoms with Gasteiger partial charge < -0.3 is 10.2 Å². The number of nitrogens with one attached hydrogen (secondary N) is 1. The summed E-state index contributed by atoms with van der Waals surface area (Å²) in [6.45, 7) is 0.691. The fourth-order valence-corrected chi connectivity index (χ4v) is 2.42. The Morgan fingerprint density at radius 1 is 1.37 bits per heavy atom. The molecule has 0 amide bonds. The second-order valence-corrected chi connectivity index (χ2v) is 5.07. The highest BCUT2D eigenvalue weighted by atomic mass is 15.2. The molecule has 0 atom stereocenters. The molecule has 5 heteroatoms.